The lowest BCUT2D eigenvalue weighted by Gasteiger charge is -2.27. The Morgan fingerprint density at radius 3 is 2.94 bits per heavy atom. The zero-order valence-corrected chi connectivity index (χ0v) is 10.6. The molecule has 3 heteroatoms. The van der Waals surface area contributed by atoms with Crippen LogP contribution in [-0.2, 0) is 13.5 Å². The molecule has 3 nitrogen and oxygen atoms in total. The molecule has 1 atom stereocenters. The molecule has 1 aromatic carbocycles. The van der Waals surface area contributed by atoms with Crippen molar-refractivity contribution >= 4 is 11.0 Å². The number of benzene rings is 1. The first-order valence-corrected chi connectivity index (χ1v) is 6.48. The van der Waals surface area contributed by atoms with Crippen molar-refractivity contribution < 1.29 is 5.11 Å². The van der Waals surface area contributed by atoms with E-state index in [9.17, 15) is 5.11 Å². The summed E-state index contributed by atoms with van der Waals surface area (Å²) in [6.45, 7) is 0. The fourth-order valence-electron chi connectivity index (χ4n) is 2.69. The van der Waals surface area contributed by atoms with Crippen molar-refractivity contribution in [2.24, 2.45) is 7.05 Å². The molecule has 0 radical (unpaired) electrons. The van der Waals surface area contributed by atoms with Gasteiger partial charge in [-0.1, -0.05) is 24.3 Å². The van der Waals surface area contributed by atoms with E-state index in [1.165, 1.54) is 0 Å². The third kappa shape index (κ3) is 1.95. The summed E-state index contributed by atoms with van der Waals surface area (Å²) >= 11 is 0. The minimum atomic E-state index is -0.715. The third-order valence-electron chi connectivity index (χ3n) is 3.75. The number of aliphatic hydroxyl groups is 1. The summed E-state index contributed by atoms with van der Waals surface area (Å²) in [5.41, 5.74) is 1.40. The molecule has 1 aliphatic rings. The number of para-hydroxylation sites is 2. The van der Waals surface area contributed by atoms with Crippen LogP contribution in [0.2, 0.25) is 0 Å². The first kappa shape index (κ1) is 11.5. The van der Waals surface area contributed by atoms with E-state index in [0.29, 0.717) is 6.42 Å². The molecule has 1 heterocycles. The second-order valence-corrected chi connectivity index (χ2v) is 5.15. The minimum absolute atomic E-state index is 0.592. The molecule has 1 unspecified atom stereocenters. The maximum atomic E-state index is 10.5. The average molecular weight is 242 g/mol. The molecule has 0 saturated carbocycles. The standard InChI is InChI=1S/C15H18N2O/c1-17-13-8-4-3-7-12(13)16-14(17)11-15(18)9-5-2-6-10-15/h3-5,7-9,18H,2,6,10-11H2,1H3. The summed E-state index contributed by atoms with van der Waals surface area (Å²) in [7, 11) is 2.01. The number of nitrogens with zero attached hydrogens (tertiary/aromatic N) is 2. The van der Waals surface area contributed by atoms with Gasteiger partial charge in [0, 0.05) is 13.5 Å². The number of imidazole rings is 1. The molecule has 0 bridgehead atoms. The van der Waals surface area contributed by atoms with Crippen LogP contribution in [0.4, 0.5) is 0 Å². The van der Waals surface area contributed by atoms with E-state index < -0.39 is 5.60 Å². The van der Waals surface area contributed by atoms with E-state index in [4.69, 9.17) is 0 Å². The largest absolute Gasteiger partial charge is 0.385 e. The summed E-state index contributed by atoms with van der Waals surface area (Å²) in [6, 6.07) is 8.09. The quantitative estimate of drug-likeness (QED) is 0.822. The van der Waals surface area contributed by atoms with Gasteiger partial charge in [0.2, 0.25) is 0 Å². The molecular weight excluding hydrogens is 224 g/mol. The van der Waals surface area contributed by atoms with Crippen LogP contribution in [0.1, 0.15) is 25.1 Å². The fraction of sp³-hybridized carbons (Fsp3) is 0.400. The van der Waals surface area contributed by atoms with Gasteiger partial charge in [0.25, 0.3) is 0 Å². The smallest absolute Gasteiger partial charge is 0.112 e. The van der Waals surface area contributed by atoms with Crippen molar-refractivity contribution in [1.29, 1.82) is 0 Å². The third-order valence-corrected chi connectivity index (χ3v) is 3.75. The van der Waals surface area contributed by atoms with E-state index in [-0.39, 0.29) is 0 Å². The van der Waals surface area contributed by atoms with E-state index in [1.807, 2.05) is 31.3 Å². The van der Waals surface area contributed by atoms with Crippen LogP contribution >= 0.6 is 0 Å². The highest BCUT2D eigenvalue weighted by Gasteiger charge is 2.27. The van der Waals surface area contributed by atoms with E-state index in [0.717, 1.165) is 36.1 Å². The molecule has 2 aromatic rings. The molecule has 1 N–H and O–H groups in total. The number of aryl methyl sites for hydroxylation is 1. The van der Waals surface area contributed by atoms with Gasteiger partial charge in [-0.05, 0) is 31.4 Å². The first-order chi connectivity index (χ1) is 8.68. The molecule has 0 fully saturated rings. The van der Waals surface area contributed by atoms with Crippen molar-refractivity contribution in [3.63, 3.8) is 0 Å². The number of aromatic nitrogens is 2. The van der Waals surface area contributed by atoms with Crippen LogP contribution in [0.5, 0.6) is 0 Å². The van der Waals surface area contributed by atoms with Crippen LogP contribution in [-0.4, -0.2) is 20.3 Å². The molecule has 1 aliphatic carbocycles. The summed E-state index contributed by atoms with van der Waals surface area (Å²) in [4.78, 5) is 4.62. The maximum Gasteiger partial charge on any atom is 0.112 e. The zero-order valence-electron chi connectivity index (χ0n) is 10.6. The highest BCUT2D eigenvalue weighted by molar-refractivity contribution is 5.75. The Morgan fingerprint density at radius 1 is 1.39 bits per heavy atom. The van der Waals surface area contributed by atoms with Crippen molar-refractivity contribution in [3.05, 3.63) is 42.2 Å². The first-order valence-electron chi connectivity index (χ1n) is 6.48. The number of hydrogen-bond acceptors (Lipinski definition) is 2. The van der Waals surface area contributed by atoms with Crippen LogP contribution < -0.4 is 0 Å². The summed E-state index contributed by atoms with van der Waals surface area (Å²) in [6.07, 6.45) is 7.56. The van der Waals surface area contributed by atoms with E-state index >= 15 is 0 Å². The van der Waals surface area contributed by atoms with Gasteiger partial charge in [0.1, 0.15) is 5.82 Å². The Balaban J connectivity index is 1.97. The van der Waals surface area contributed by atoms with Crippen molar-refractivity contribution in [2.75, 3.05) is 0 Å². The molecule has 0 spiro atoms. The molecule has 94 valence electrons. The predicted molar refractivity (Wildman–Crippen MR) is 72.4 cm³/mol. The number of fused-ring (bicyclic) bond motifs is 1. The lowest BCUT2D eigenvalue weighted by molar-refractivity contribution is 0.0725. The van der Waals surface area contributed by atoms with Crippen LogP contribution in [0.3, 0.4) is 0 Å². The average Bonchev–Trinajstić information content (AvgIpc) is 2.67. The number of allylic oxidation sites excluding steroid dienone is 1. The highest BCUT2D eigenvalue weighted by atomic mass is 16.3. The van der Waals surface area contributed by atoms with Crippen LogP contribution in [0.25, 0.3) is 11.0 Å². The second-order valence-electron chi connectivity index (χ2n) is 5.15. The van der Waals surface area contributed by atoms with Crippen molar-refractivity contribution in [1.82, 2.24) is 9.55 Å². The van der Waals surface area contributed by atoms with Gasteiger partial charge in [-0.25, -0.2) is 4.98 Å². The van der Waals surface area contributed by atoms with Gasteiger partial charge < -0.3 is 9.67 Å². The van der Waals surface area contributed by atoms with Crippen LogP contribution in [0, 0.1) is 0 Å². The van der Waals surface area contributed by atoms with Gasteiger partial charge in [-0.15, -0.1) is 0 Å². The molecule has 1 aromatic heterocycles. The molecular formula is C15H18N2O. The van der Waals surface area contributed by atoms with Gasteiger partial charge in [-0.2, -0.15) is 0 Å². The predicted octanol–water partition coefficient (Wildman–Crippen LogP) is 2.59. The Bertz CT molecular complexity index is 600. The number of rotatable bonds is 2. The number of hydrogen-bond donors (Lipinski definition) is 1. The van der Waals surface area contributed by atoms with Crippen LogP contribution in [0.15, 0.2) is 36.4 Å². The lowest BCUT2D eigenvalue weighted by atomic mass is 9.88. The molecule has 0 amide bonds. The van der Waals surface area contributed by atoms with Crippen molar-refractivity contribution in [2.45, 2.75) is 31.3 Å². The Labute approximate surface area is 107 Å². The van der Waals surface area contributed by atoms with Crippen molar-refractivity contribution in [3.8, 4) is 0 Å². The van der Waals surface area contributed by atoms with E-state index in [1.54, 1.807) is 0 Å². The van der Waals surface area contributed by atoms with Gasteiger partial charge >= 0.3 is 0 Å². The Morgan fingerprint density at radius 2 is 2.22 bits per heavy atom. The molecule has 3 rings (SSSR count). The summed E-state index contributed by atoms with van der Waals surface area (Å²) in [5.74, 6) is 0.949. The van der Waals surface area contributed by atoms with Gasteiger partial charge in [0.05, 0.1) is 16.6 Å². The minimum Gasteiger partial charge on any atom is -0.385 e. The highest BCUT2D eigenvalue weighted by Crippen LogP contribution is 2.26. The molecule has 0 aliphatic heterocycles. The summed E-state index contributed by atoms with van der Waals surface area (Å²) < 4.78 is 2.08. The maximum absolute atomic E-state index is 10.5. The molecule has 0 saturated heterocycles. The Hall–Kier alpha value is -1.61. The Kier molecular flexibility index (Phi) is 2.71. The summed E-state index contributed by atoms with van der Waals surface area (Å²) in [5, 5.41) is 10.5. The monoisotopic (exact) mass is 242 g/mol. The zero-order chi connectivity index (χ0) is 12.6. The molecule has 18 heavy (non-hydrogen) atoms. The normalized spacial score (nSPS) is 23.7. The SMILES string of the molecule is Cn1c(CC2(O)C=CCCC2)nc2ccccc21. The van der Waals surface area contributed by atoms with Gasteiger partial charge in [-0.3, -0.25) is 0 Å². The van der Waals surface area contributed by atoms with E-state index in [2.05, 4.69) is 21.7 Å². The lowest BCUT2D eigenvalue weighted by Crippen LogP contribution is -2.31. The second kappa shape index (κ2) is 4.25. The fourth-order valence-corrected chi connectivity index (χ4v) is 2.69. The topological polar surface area (TPSA) is 38.0 Å². The van der Waals surface area contributed by atoms with Gasteiger partial charge in [0.15, 0.2) is 0 Å².